The zero-order valence-corrected chi connectivity index (χ0v) is 26.0. The van der Waals surface area contributed by atoms with Gasteiger partial charge in [0.15, 0.2) is 28.8 Å². The number of halogens is 3. The van der Waals surface area contributed by atoms with E-state index in [9.17, 15) is 22.8 Å². The molecule has 0 fully saturated rings. The van der Waals surface area contributed by atoms with Gasteiger partial charge < -0.3 is 33.7 Å². The monoisotopic (exact) mass is 642 g/mol. The highest BCUT2D eigenvalue weighted by Crippen LogP contribution is 2.51. The first kappa shape index (κ1) is 32.3. The Morgan fingerprint density at radius 1 is 0.761 bits per heavy atom. The molecular formula is C33H33F3N2O8. The van der Waals surface area contributed by atoms with Gasteiger partial charge in [0.25, 0.3) is 0 Å². The minimum absolute atomic E-state index is 0.00626. The van der Waals surface area contributed by atoms with E-state index >= 15 is 0 Å². The number of fused-ring (bicyclic) bond motifs is 1. The van der Waals surface area contributed by atoms with Gasteiger partial charge in [-0.2, -0.15) is 13.2 Å². The molecule has 0 saturated heterocycles. The van der Waals surface area contributed by atoms with Crippen molar-refractivity contribution in [2.24, 2.45) is 0 Å². The molecule has 1 N–H and O–H groups in total. The van der Waals surface area contributed by atoms with Crippen LogP contribution in [0.4, 0.5) is 24.5 Å². The van der Waals surface area contributed by atoms with Crippen molar-refractivity contribution in [1.29, 1.82) is 0 Å². The number of rotatable bonds is 8. The molecule has 2 aliphatic rings. The van der Waals surface area contributed by atoms with Crippen LogP contribution in [0.1, 0.15) is 35.9 Å². The van der Waals surface area contributed by atoms with Crippen LogP contribution in [0.25, 0.3) is 0 Å². The highest BCUT2D eigenvalue weighted by atomic mass is 19.4. The van der Waals surface area contributed by atoms with Crippen LogP contribution in [0.3, 0.4) is 0 Å². The number of allylic oxidation sites excluding steroid dienone is 1. The van der Waals surface area contributed by atoms with Gasteiger partial charge >= 0.3 is 12.1 Å². The summed E-state index contributed by atoms with van der Waals surface area (Å²) in [5.41, 5.74) is 1.38. The largest absolute Gasteiger partial charge is 0.493 e. The van der Waals surface area contributed by atoms with E-state index in [0.717, 1.165) is 0 Å². The summed E-state index contributed by atoms with van der Waals surface area (Å²) in [5, 5.41) is 3.21. The molecule has 0 saturated carbocycles. The quantitative estimate of drug-likeness (QED) is 0.308. The third-order valence-electron chi connectivity index (χ3n) is 8.11. The van der Waals surface area contributed by atoms with Crippen molar-refractivity contribution in [2.45, 2.75) is 31.0 Å². The second-order valence-electron chi connectivity index (χ2n) is 10.6. The minimum atomic E-state index is -5.27. The Bertz CT molecular complexity index is 1650. The summed E-state index contributed by atoms with van der Waals surface area (Å²) in [5.74, 6) is -1.40. The number of carbonyl (C=O) groups excluding carboxylic acids is 2. The van der Waals surface area contributed by atoms with Crippen molar-refractivity contribution in [3.05, 3.63) is 70.9 Å². The standard InChI is InChI=1S/C33H33F3N2O8/c1-41-24-13-18(14-25(42-2)30(24)45-5)17-11-21-28(23(39)12-17)29(19-15-26(43-3)31(46-6)27(16-19)44-4)38(32(40)33(34,35)36)22-10-8-7-9-20(22)37-21/h7-10,13-17,29,37H,11-12H2,1-6H3/t17-,29+/m0/s1. The van der Waals surface area contributed by atoms with Crippen molar-refractivity contribution in [3.63, 3.8) is 0 Å². The average molecular weight is 643 g/mol. The summed E-state index contributed by atoms with van der Waals surface area (Å²) in [7, 11) is 8.55. The summed E-state index contributed by atoms with van der Waals surface area (Å²) in [4.78, 5) is 28.2. The van der Waals surface area contributed by atoms with Crippen molar-refractivity contribution < 1.29 is 51.2 Å². The van der Waals surface area contributed by atoms with Crippen LogP contribution in [0.2, 0.25) is 0 Å². The molecule has 46 heavy (non-hydrogen) atoms. The molecule has 0 radical (unpaired) electrons. The van der Waals surface area contributed by atoms with Crippen LogP contribution in [-0.2, 0) is 9.59 Å². The van der Waals surface area contributed by atoms with Crippen LogP contribution < -0.4 is 38.6 Å². The first-order valence-corrected chi connectivity index (χ1v) is 14.1. The molecule has 3 aromatic rings. The Morgan fingerprint density at radius 2 is 1.26 bits per heavy atom. The predicted octanol–water partition coefficient (Wildman–Crippen LogP) is 6.20. The van der Waals surface area contributed by atoms with E-state index in [0.29, 0.717) is 33.4 Å². The number of Topliss-reactive ketones (excluding diaryl/α,β-unsaturated/α-hetero) is 1. The molecular weight excluding hydrogens is 609 g/mol. The van der Waals surface area contributed by atoms with E-state index in [1.165, 1.54) is 66.9 Å². The zero-order valence-electron chi connectivity index (χ0n) is 26.0. The van der Waals surface area contributed by atoms with E-state index in [1.807, 2.05) is 0 Å². The summed E-state index contributed by atoms with van der Waals surface area (Å²) < 4.78 is 75.9. The number of nitrogens with zero attached hydrogens (tertiary/aromatic N) is 1. The van der Waals surface area contributed by atoms with E-state index in [1.54, 1.807) is 24.3 Å². The Morgan fingerprint density at radius 3 is 1.74 bits per heavy atom. The number of carbonyl (C=O) groups is 2. The lowest BCUT2D eigenvalue weighted by atomic mass is 9.78. The number of alkyl halides is 3. The molecule has 2 atom stereocenters. The van der Waals surface area contributed by atoms with Gasteiger partial charge in [-0.1, -0.05) is 12.1 Å². The molecule has 5 rings (SSSR count). The fourth-order valence-electron chi connectivity index (χ4n) is 6.10. The second-order valence-corrected chi connectivity index (χ2v) is 10.6. The Balaban J connectivity index is 1.77. The van der Waals surface area contributed by atoms with Crippen molar-refractivity contribution >= 4 is 23.1 Å². The number of methoxy groups -OCH3 is 6. The van der Waals surface area contributed by atoms with Crippen molar-refractivity contribution in [1.82, 2.24) is 0 Å². The van der Waals surface area contributed by atoms with E-state index in [4.69, 9.17) is 28.4 Å². The predicted molar refractivity (Wildman–Crippen MR) is 163 cm³/mol. The molecule has 13 heteroatoms. The fourth-order valence-corrected chi connectivity index (χ4v) is 6.10. The van der Waals surface area contributed by atoms with Crippen LogP contribution in [0, 0.1) is 0 Å². The van der Waals surface area contributed by atoms with Crippen LogP contribution in [0.15, 0.2) is 59.8 Å². The molecule has 1 aliphatic carbocycles. The smallest absolute Gasteiger partial charge is 0.471 e. The Labute approximate surface area is 263 Å². The number of anilines is 2. The highest BCUT2D eigenvalue weighted by molar-refractivity contribution is 6.07. The van der Waals surface area contributed by atoms with Crippen molar-refractivity contribution in [2.75, 3.05) is 52.9 Å². The van der Waals surface area contributed by atoms with Crippen LogP contribution in [-0.4, -0.2) is 60.5 Å². The lowest BCUT2D eigenvalue weighted by molar-refractivity contribution is -0.170. The SMILES string of the molecule is COc1cc([C@@H]2CC(=O)C3=C(C2)Nc2ccccc2N(C(=O)C(F)(F)F)[C@@H]3c2cc(OC)c(OC)c(OC)c2)cc(OC)c1OC. The van der Waals surface area contributed by atoms with Gasteiger partial charge in [-0.3, -0.25) is 14.5 Å². The third kappa shape index (κ3) is 5.61. The van der Waals surface area contributed by atoms with Gasteiger partial charge in [0.05, 0.1) is 60.1 Å². The summed E-state index contributed by atoms with van der Waals surface area (Å²) in [6, 6.07) is 11.0. The van der Waals surface area contributed by atoms with Gasteiger partial charge in [-0.15, -0.1) is 0 Å². The summed E-state index contributed by atoms with van der Waals surface area (Å²) in [6.07, 6.45) is -5.14. The number of hydrogen-bond donors (Lipinski definition) is 1. The normalized spacial score (nSPS) is 17.7. The molecule has 3 aromatic carbocycles. The maximum atomic E-state index is 14.4. The number of ketones is 1. The van der Waals surface area contributed by atoms with E-state index in [2.05, 4.69) is 5.32 Å². The lowest BCUT2D eigenvalue weighted by Crippen LogP contribution is -2.45. The minimum Gasteiger partial charge on any atom is -0.493 e. The molecule has 244 valence electrons. The lowest BCUT2D eigenvalue weighted by Gasteiger charge is -2.35. The maximum absolute atomic E-state index is 14.4. The molecule has 0 spiro atoms. The topological polar surface area (TPSA) is 105 Å². The molecule has 1 heterocycles. The molecule has 1 amide bonds. The molecule has 0 aromatic heterocycles. The zero-order chi connectivity index (χ0) is 33.3. The summed E-state index contributed by atoms with van der Waals surface area (Å²) >= 11 is 0. The molecule has 10 nitrogen and oxygen atoms in total. The van der Waals surface area contributed by atoms with Gasteiger partial charge in [0.1, 0.15) is 0 Å². The maximum Gasteiger partial charge on any atom is 0.471 e. The highest BCUT2D eigenvalue weighted by Gasteiger charge is 2.50. The number of para-hydroxylation sites is 2. The fraction of sp³-hybridized carbons (Fsp3) is 0.333. The van der Waals surface area contributed by atoms with Crippen molar-refractivity contribution in [3.8, 4) is 34.5 Å². The first-order valence-electron chi connectivity index (χ1n) is 14.1. The summed E-state index contributed by atoms with van der Waals surface area (Å²) in [6.45, 7) is 0. The van der Waals surface area contributed by atoms with Gasteiger partial charge in [-0.05, 0) is 59.9 Å². The second kappa shape index (κ2) is 12.7. The third-order valence-corrected chi connectivity index (χ3v) is 8.11. The van der Waals surface area contributed by atoms with Crippen LogP contribution >= 0.6 is 0 Å². The number of benzene rings is 3. The Hall–Kier alpha value is -5.07. The Kier molecular flexibility index (Phi) is 8.95. The number of hydrogen-bond acceptors (Lipinski definition) is 9. The van der Waals surface area contributed by atoms with E-state index in [-0.39, 0.29) is 52.6 Å². The average Bonchev–Trinajstić information content (AvgIpc) is 3.20. The van der Waals surface area contributed by atoms with Gasteiger partial charge in [-0.25, -0.2) is 0 Å². The van der Waals surface area contributed by atoms with Gasteiger partial charge in [0, 0.05) is 17.7 Å². The number of amides is 1. The van der Waals surface area contributed by atoms with E-state index < -0.39 is 29.8 Å². The number of nitrogens with one attached hydrogen (secondary N) is 1. The molecule has 0 bridgehead atoms. The van der Waals surface area contributed by atoms with Crippen LogP contribution in [0.5, 0.6) is 34.5 Å². The molecule has 0 unspecified atom stereocenters. The number of ether oxygens (including phenoxy) is 6. The van der Waals surface area contributed by atoms with Gasteiger partial charge in [0.2, 0.25) is 11.5 Å². The molecule has 1 aliphatic heterocycles. The first-order chi connectivity index (χ1) is 22.0.